The average molecular weight is 343 g/mol. The van der Waals surface area contributed by atoms with E-state index in [1.54, 1.807) is 7.11 Å². The molecule has 0 amide bonds. The SMILES string of the molecule is COCc1noc(CN2C[C@H]3CC[C@@H]2CN(Cc2ccccn2)C3)n1. The molecule has 5 heterocycles. The number of methoxy groups -OCH3 is 1. The molecule has 2 atom stereocenters. The summed E-state index contributed by atoms with van der Waals surface area (Å²) in [6.45, 7) is 5.38. The van der Waals surface area contributed by atoms with Gasteiger partial charge in [0.15, 0.2) is 5.82 Å². The Morgan fingerprint density at radius 2 is 2.16 bits per heavy atom. The molecular formula is C18H25N5O2. The molecule has 2 aromatic heterocycles. The predicted molar refractivity (Wildman–Crippen MR) is 91.4 cm³/mol. The smallest absolute Gasteiger partial charge is 0.240 e. The minimum Gasteiger partial charge on any atom is -0.377 e. The molecule has 0 N–H and O–H groups in total. The summed E-state index contributed by atoms with van der Waals surface area (Å²) in [5.41, 5.74) is 1.15. The van der Waals surface area contributed by atoms with Gasteiger partial charge in [0.2, 0.25) is 5.89 Å². The first-order valence-electron chi connectivity index (χ1n) is 8.97. The van der Waals surface area contributed by atoms with Gasteiger partial charge in [0.05, 0.1) is 12.2 Å². The Kier molecular flexibility index (Phi) is 5.05. The molecule has 0 radical (unpaired) electrons. The largest absolute Gasteiger partial charge is 0.377 e. The average Bonchev–Trinajstić information content (AvgIpc) is 2.87. The van der Waals surface area contributed by atoms with Crippen molar-refractivity contribution in [3.05, 3.63) is 41.8 Å². The van der Waals surface area contributed by atoms with Crippen molar-refractivity contribution in [1.29, 1.82) is 0 Å². The number of rotatable bonds is 6. The van der Waals surface area contributed by atoms with Crippen LogP contribution in [0, 0.1) is 5.92 Å². The quantitative estimate of drug-likeness (QED) is 0.791. The molecule has 3 saturated heterocycles. The zero-order chi connectivity index (χ0) is 17.1. The standard InChI is InChI=1S/C18H25N5O2/c1-24-13-17-20-18(25-21-17)12-23-9-14-5-6-16(23)11-22(8-14)10-15-4-2-3-7-19-15/h2-4,7,14,16H,5-6,8-13H2,1H3/t14-,16+/m0/s1. The van der Waals surface area contributed by atoms with Gasteiger partial charge in [-0.25, -0.2) is 0 Å². The van der Waals surface area contributed by atoms with Gasteiger partial charge in [0.1, 0.15) is 6.61 Å². The van der Waals surface area contributed by atoms with Gasteiger partial charge in [-0.1, -0.05) is 11.2 Å². The summed E-state index contributed by atoms with van der Waals surface area (Å²) in [4.78, 5) is 14.0. The lowest BCUT2D eigenvalue weighted by Gasteiger charge is -2.35. The second-order valence-electron chi connectivity index (χ2n) is 7.08. The van der Waals surface area contributed by atoms with E-state index in [0.717, 1.165) is 38.4 Å². The Labute approximate surface area is 148 Å². The van der Waals surface area contributed by atoms with Crippen molar-refractivity contribution >= 4 is 0 Å². The highest BCUT2D eigenvalue weighted by Crippen LogP contribution is 2.29. The van der Waals surface area contributed by atoms with Crippen LogP contribution in [-0.2, 0) is 24.4 Å². The molecule has 0 spiro atoms. The molecule has 2 aromatic rings. The molecule has 0 saturated carbocycles. The van der Waals surface area contributed by atoms with Crippen molar-refractivity contribution in [3.63, 3.8) is 0 Å². The molecule has 5 rings (SSSR count). The third kappa shape index (κ3) is 4.05. The topological polar surface area (TPSA) is 67.5 Å². The molecule has 7 heteroatoms. The maximum absolute atomic E-state index is 5.38. The fourth-order valence-electron chi connectivity index (χ4n) is 4.04. The lowest BCUT2D eigenvalue weighted by molar-refractivity contribution is 0.109. The van der Waals surface area contributed by atoms with E-state index in [1.165, 1.54) is 12.8 Å². The zero-order valence-corrected chi connectivity index (χ0v) is 14.7. The van der Waals surface area contributed by atoms with E-state index in [2.05, 4.69) is 37.1 Å². The second-order valence-corrected chi connectivity index (χ2v) is 7.08. The van der Waals surface area contributed by atoms with Gasteiger partial charge in [-0.15, -0.1) is 0 Å². The van der Waals surface area contributed by atoms with Crippen molar-refractivity contribution in [3.8, 4) is 0 Å². The Hall–Kier alpha value is -1.83. The van der Waals surface area contributed by atoms with E-state index < -0.39 is 0 Å². The van der Waals surface area contributed by atoms with Gasteiger partial charge in [-0.3, -0.25) is 14.8 Å². The molecule has 7 nitrogen and oxygen atoms in total. The fraction of sp³-hybridized carbons (Fsp3) is 0.611. The first kappa shape index (κ1) is 16.6. The number of ether oxygens (including phenoxy) is 1. The highest BCUT2D eigenvalue weighted by molar-refractivity contribution is 5.04. The van der Waals surface area contributed by atoms with Gasteiger partial charge in [-0.2, -0.15) is 4.98 Å². The Morgan fingerprint density at radius 3 is 3.00 bits per heavy atom. The molecule has 25 heavy (non-hydrogen) atoms. The van der Waals surface area contributed by atoms with Crippen LogP contribution in [0.5, 0.6) is 0 Å². The summed E-state index contributed by atoms with van der Waals surface area (Å²) in [7, 11) is 1.64. The van der Waals surface area contributed by atoms with Crippen molar-refractivity contribution in [2.75, 3.05) is 26.7 Å². The first-order chi connectivity index (χ1) is 12.3. The number of nitrogens with zero attached hydrogens (tertiary/aromatic N) is 5. The van der Waals surface area contributed by atoms with Crippen LogP contribution in [0.1, 0.15) is 30.3 Å². The number of pyridine rings is 1. The maximum atomic E-state index is 5.38. The first-order valence-corrected chi connectivity index (χ1v) is 8.97. The van der Waals surface area contributed by atoms with Crippen LogP contribution in [0.2, 0.25) is 0 Å². The minimum absolute atomic E-state index is 0.396. The Bertz CT molecular complexity index is 677. The van der Waals surface area contributed by atoms with E-state index in [9.17, 15) is 0 Å². The van der Waals surface area contributed by atoms with E-state index in [4.69, 9.17) is 9.26 Å². The number of piperidine rings is 1. The monoisotopic (exact) mass is 343 g/mol. The lowest BCUT2D eigenvalue weighted by Crippen LogP contribution is -2.43. The van der Waals surface area contributed by atoms with Crippen LogP contribution in [0.4, 0.5) is 0 Å². The molecule has 0 aliphatic carbocycles. The second kappa shape index (κ2) is 7.59. The minimum atomic E-state index is 0.396. The van der Waals surface area contributed by atoms with Crippen molar-refractivity contribution < 1.29 is 9.26 Å². The summed E-state index contributed by atoms with van der Waals surface area (Å²) in [6, 6.07) is 6.69. The molecule has 0 aromatic carbocycles. The normalized spacial score (nSPS) is 24.5. The van der Waals surface area contributed by atoms with Crippen molar-refractivity contribution in [2.45, 2.75) is 38.6 Å². The molecule has 134 valence electrons. The van der Waals surface area contributed by atoms with Crippen LogP contribution in [0.15, 0.2) is 28.9 Å². The maximum Gasteiger partial charge on any atom is 0.240 e. The Balaban J connectivity index is 1.40. The highest BCUT2D eigenvalue weighted by atomic mass is 16.5. The van der Waals surface area contributed by atoms with Gasteiger partial charge >= 0.3 is 0 Å². The van der Waals surface area contributed by atoms with Gasteiger partial charge in [0, 0.05) is 45.5 Å². The third-order valence-corrected chi connectivity index (χ3v) is 5.14. The molecule has 2 bridgehead atoms. The Morgan fingerprint density at radius 1 is 1.20 bits per heavy atom. The highest BCUT2D eigenvalue weighted by Gasteiger charge is 2.35. The summed E-state index contributed by atoms with van der Waals surface area (Å²) >= 11 is 0. The van der Waals surface area contributed by atoms with Gasteiger partial charge < -0.3 is 9.26 Å². The van der Waals surface area contributed by atoms with Crippen molar-refractivity contribution in [1.82, 2.24) is 24.9 Å². The van der Waals surface area contributed by atoms with Crippen LogP contribution < -0.4 is 0 Å². The van der Waals surface area contributed by atoms with E-state index in [0.29, 0.717) is 30.3 Å². The lowest BCUT2D eigenvalue weighted by atomic mass is 9.95. The summed E-state index contributed by atoms with van der Waals surface area (Å²) in [6.07, 6.45) is 4.42. The molecule has 3 aliphatic rings. The molecular weight excluding hydrogens is 318 g/mol. The van der Waals surface area contributed by atoms with E-state index in [1.807, 2.05) is 12.3 Å². The number of hydrogen-bond donors (Lipinski definition) is 0. The van der Waals surface area contributed by atoms with Crippen LogP contribution in [-0.4, -0.2) is 57.7 Å². The summed E-state index contributed by atoms with van der Waals surface area (Å²) < 4.78 is 10.4. The van der Waals surface area contributed by atoms with Crippen LogP contribution in [0.3, 0.4) is 0 Å². The number of fused-ring (bicyclic) bond motifs is 4. The number of hydrogen-bond acceptors (Lipinski definition) is 7. The van der Waals surface area contributed by atoms with E-state index in [-0.39, 0.29) is 0 Å². The molecule has 3 fully saturated rings. The summed E-state index contributed by atoms with van der Waals surface area (Å²) in [5, 5.41) is 3.97. The predicted octanol–water partition coefficient (Wildman–Crippen LogP) is 1.71. The van der Waals surface area contributed by atoms with Crippen LogP contribution in [0.25, 0.3) is 0 Å². The summed E-state index contributed by atoms with van der Waals surface area (Å²) in [5.74, 6) is 2.01. The zero-order valence-electron chi connectivity index (χ0n) is 14.7. The van der Waals surface area contributed by atoms with Crippen molar-refractivity contribution in [2.24, 2.45) is 5.92 Å². The third-order valence-electron chi connectivity index (χ3n) is 5.14. The van der Waals surface area contributed by atoms with Gasteiger partial charge in [-0.05, 0) is 30.9 Å². The van der Waals surface area contributed by atoms with Gasteiger partial charge in [0.25, 0.3) is 0 Å². The molecule has 3 aliphatic heterocycles. The fourth-order valence-corrected chi connectivity index (χ4v) is 4.04. The number of aromatic nitrogens is 3. The van der Waals surface area contributed by atoms with E-state index >= 15 is 0 Å². The molecule has 0 unspecified atom stereocenters. The van der Waals surface area contributed by atoms with Crippen LogP contribution >= 0.6 is 0 Å².